The summed E-state index contributed by atoms with van der Waals surface area (Å²) in [4.78, 5) is 14.0. The molecule has 3 N–H and O–H groups in total. The predicted molar refractivity (Wildman–Crippen MR) is 35.5 cm³/mol. The first-order valence-electron chi connectivity index (χ1n) is 2.67. The summed E-state index contributed by atoms with van der Waals surface area (Å²) in [5.74, 6) is -0.569. The Kier molecular flexibility index (Phi) is 1.53. The molecule has 51 valence electrons. The summed E-state index contributed by atoms with van der Waals surface area (Å²) >= 11 is 0. The zero-order chi connectivity index (χ0) is 7.56. The highest BCUT2D eigenvalue weighted by Crippen LogP contribution is 2.01. The SMILES string of the molecule is [NH]c1ccc(C(N)=O)nc1. The lowest BCUT2D eigenvalue weighted by Crippen LogP contribution is -2.12. The number of carbonyl (C=O) groups excluding carboxylic acids is 1. The van der Waals surface area contributed by atoms with E-state index >= 15 is 0 Å². The molecule has 0 saturated heterocycles. The highest BCUT2D eigenvalue weighted by Gasteiger charge is 1.98. The number of aromatic nitrogens is 1. The number of amides is 1. The molecule has 0 atom stereocenters. The van der Waals surface area contributed by atoms with E-state index in [4.69, 9.17) is 11.5 Å². The molecule has 1 amide bonds. The molecule has 0 saturated carbocycles. The molecule has 1 heterocycles. The minimum Gasteiger partial charge on any atom is -0.364 e. The molecule has 4 nitrogen and oxygen atoms in total. The fourth-order valence-electron chi connectivity index (χ4n) is 0.540. The Bertz CT molecular complexity index is 242. The number of hydrogen-bond acceptors (Lipinski definition) is 2. The number of hydrogen-bond donors (Lipinski definition) is 1. The number of primary amides is 1. The minimum absolute atomic E-state index is 0.191. The van der Waals surface area contributed by atoms with Crippen molar-refractivity contribution in [1.29, 1.82) is 0 Å². The number of carbonyl (C=O) groups is 1. The van der Waals surface area contributed by atoms with Gasteiger partial charge in [-0.1, -0.05) is 0 Å². The topological polar surface area (TPSA) is 79.8 Å². The average Bonchev–Trinajstić information content (AvgIpc) is 1.88. The lowest BCUT2D eigenvalue weighted by Gasteiger charge is -1.92. The highest BCUT2D eigenvalue weighted by atomic mass is 16.1. The van der Waals surface area contributed by atoms with Gasteiger partial charge in [0.15, 0.2) is 0 Å². The first kappa shape index (κ1) is 6.54. The molecule has 0 unspecified atom stereocenters. The van der Waals surface area contributed by atoms with Gasteiger partial charge in [0, 0.05) is 0 Å². The van der Waals surface area contributed by atoms with E-state index in [2.05, 4.69) is 4.98 Å². The van der Waals surface area contributed by atoms with E-state index in [0.29, 0.717) is 0 Å². The predicted octanol–water partition coefficient (Wildman–Crippen LogP) is 0.0949. The fraction of sp³-hybridized carbons (Fsp3) is 0. The third-order valence-electron chi connectivity index (χ3n) is 1.02. The Morgan fingerprint density at radius 2 is 2.30 bits per heavy atom. The summed E-state index contributed by atoms with van der Waals surface area (Å²) in [5, 5.41) is 0. The van der Waals surface area contributed by atoms with Crippen LogP contribution in [0, 0.1) is 0 Å². The number of nitrogens with one attached hydrogen (secondary N) is 1. The lowest BCUT2D eigenvalue weighted by molar-refractivity contribution is 0.0995. The summed E-state index contributed by atoms with van der Waals surface area (Å²) in [5.41, 5.74) is 12.4. The third-order valence-corrected chi connectivity index (χ3v) is 1.02. The number of pyridine rings is 1. The van der Waals surface area contributed by atoms with E-state index in [1.54, 1.807) is 0 Å². The molecule has 0 aliphatic rings. The van der Waals surface area contributed by atoms with Gasteiger partial charge in [0.2, 0.25) is 0 Å². The van der Waals surface area contributed by atoms with E-state index in [-0.39, 0.29) is 11.4 Å². The van der Waals surface area contributed by atoms with Gasteiger partial charge in [0.1, 0.15) is 5.69 Å². The Morgan fingerprint density at radius 3 is 2.70 bits per heavy atom. The quantitative estimate of drug-likeness (QED) is 0.593. The molecule has 4 heteroatoms. The molecule has 1 aromatic rings. The molecule has 10 heavy (non-hydrogen) atoms. The fourth-order valence-corrected chi connectivity index (χ4v) is 0.540. The van der Waals surface area contributed by atoms with Gasteiger partial charge < -0.3 is 5.73 Å². The van der Waals surface area contributed by atoms with Gasteiger partial charge in [0.25, 0.3) is 5.91 Å². The number of nitrogens with two attached hydrogens (primary N) is 1. The van der Waals surface area contributed by atoms with Crippen LogP contribution in [0.2, 0.25) is 0 Å². The van der Waals surface area contributed by atoms with Gasteiger partial charge in [-0.25, -0.2) is 4.98 Å². The van der Waals surface area contributed by atoms with Gasteiger partial charge in [0.05, 0.1) is 11.9 Å². The smallest absolute Gasteiger partial charge is 0.267 e. The molecule has 0 aliphatic carbocycles. The summed E-state index contributed by atoms with van der Waals surface area (Å²) in [6.07, 6.45) is 1.28. The van der Waals surface area contributed by atoms with E-state index < -0.39 is 5.91 Å². The molecule has 1 radical (unpaired) electrons. The Hall–Kier alpha value is -1.58. The number of rotatable bonds is 1. The summed E-state index contributed by atoms with van der Waals surface area (Å²) in [6, 6.07) is 2.89. The second-order valence-corrected chi connectivity index (χ2v) is 1.80. The maximum Gasteiger partial charge on any atom is 0.267 e. The molecule has 0 aliphatic heterocycles. The Balaban J connectivity index is 3.00. The van der Waals surface area contributed by atoms with E-state index in [0.717, 1.165) is 0 Å². The average molecular weight is 136 g/mol. The molecular formula is C6H6N3O. The van der Waals surface area contributed by atoms with Crippen LogP contribution >= 0.6 is 0 Å². The van der Waals surface area contributed by atoms with Crippen LogP contribution in [0.1, 0.15) is 10.5 Å². The van der Waals surface area contributed by atoms with Gasteiger partial charge in [-0.2, -0.15) is 0 Å². The first-order valence-corrected chi connectivity index (χ1v) is 2.67. The maximum absolute atomic E-state index is 10.4. The zero-order valence-corrected chi connectivity index (χ0v) is 5.16. The van der Waals surface area contributed by atoms with Crippen LogP contribution in [-0.2, 0) is 0 Å². The normalized spacial score (nSPS) is 9.20. The molecule has 1 rings (SSSR count). The molecule has 1 aromatic heterocycles. The van der Waals surface area contributed by atoms with Gasteiger partial charge in [-0.15, -0.1) is 0 Å². The van der Waals surface area contributed by atoms with Crippen molar-refractivity contribution in [2.75, 3.05) is 0 Å². The van der Waals surface area contributed by atoms with Gasteiger partial charge >= 0.3 is 0 Å². The highest BCUT2D eigenvalue weighted by molar-refractivity contribution is 5.90. The van der Waals surface area contributed by atoms with Crippen LogP contribution in [-0.4, -0.2) is 10.9 Å². The van der Waals surface area contributed by atoms with Crippen molar-refractivity contribution in [2.24, 2.45) is 5.73 Å². The Labute approximate surface area is 57.9 Å². The summed E-state index contributed by atoms with van der Waals surface area (Å²) in [7, 11) is 0. The first-order chi connectivity index (χ1) is 4.70. The van der Waals surface area contributed by atoms with E-state index in [9.17, 15) is 4.79 Å². The third kappa shape index (κ3) is 1.22. The molecular weight excluding hydrogens is 130 g/mol. The number of nitrogens with zero attached hydrogens (tertiary/aromatic N) is 1. The van der Waals surface area contributed by atoms with Gasteiger partial charge in [-0.05, 0) is 12.1 Å². The van der Waals surface area contributed by atoms with Crippen molar-refractivity contribution in [1.82, 2.24) is 10.7 Å². The second-order valence-electron chi connectivity index (χ2n) is 1.80. The molecule has 0 fully saturated rings. The van der Waals surface area contributed by atoms with Crippen LogP contribution < -0.4 is 11.5 Å². The lowest BCUT2D eigenvalue weighted by atomic mass is 10.3. The van der Waals surface area contributed by atoms with Crippen molar-refractivity contribution in [3.8, 4) is 0 Å². The Morgan fingerprint density at radius 1 is 1.60 bits per heavy atom. The largest absolute Gasteiger partial charge is 0.364 e. The minimum atomic E-state index is -0.569. The molecule has 0 aromatic carbocycles. The van der Waals surface area contributed by atoms with Crippen LogP contribution in [0.5, 0.6) is 0 Å². The monoisotopic (exact) mass is 136 g/mol. The van der Waals surface area contributed by atoms with Crippen LogP contribution in [0.3, 0.4) is 0 Å². The van der Waals surface area contributed by atoms with Crippen molar-refractivity contribution in [3.63, 3.8) is 0 Å². The van der Waals surface area contributed by atoms with Crippen molar-refractivity contribution in [2.45, 2.75) is 0 Å². The summed E-state index contributed by atoms with van der Waals surface area (Å²) < 4.78 is 0. The molecule has 0 spiro atoms. The zero-order valence-electron chi connectivity index (χ0n) is 5.16. The van der Waals surface area contributed by atoms with E-state index in [1.165, 1.54) is 18.3 Å². The van der Waals surface area contributed by atoms with Crippen molar-refractivity contribution >= 4 is 11.6 Å². The summed E-state index contributed by atoms with van der Waals surface area (Å²) in [6.45, 7) is 0. The van der Waals surface area contributed by atoms with Crippen LogP contribution in [0.25, 0.3) is 0 Å². The standard InChI is InChI=1S/C6H6N3O/c7-4-1-2-5(6(8)10)9-3-4/h1-3,7H,(H2,8,10). The van der Waals surface area contributed by atoms with Crippen LogP contribution in [0.4, 0.5) is 5.69 Å². The maximum atomic E-state index is 10.4. The van der Waals surface area contributed by atoms with Crippen LogP contribution in [0.15, 0.2) is 18.3 Å². The van der Waals surface area contributed by atoms with Crippen molar-refractivity contribution in [3.05, 3.63) is 24.0 Å². The van der Waals surface area contributed by atoms with Gasteiger partial charge in [-0.3, -0.25) is 10.5 Å². The second kappa shape index (κ2) is 2.34. The molecule has 0 bridgehead atoms. The van der Waals surface area contributed by atoms with E-state index in [1.807, 2.05) is 0 Å². The van der Waals surface area contributed by atoms with Crippen molar-refractivity contribution < 1.29 is 4.79 Å².